The number of rotatable bonds is 8. The van der Waals surface area contributed by atoms with Gasteiger partial charge in [-0.1, -0.05) is 55.4 Å². The molecule has 0 unspecified atom stereocenters. The summed E-state index contributed by atoms with van der Waals surface area (Å²) in [7, 11) is 0. The van der Waals surface area contributed by atoms with Gasteiger partial charge in [-0.05, 0) is 25.3 Å². The fourth-order valence-corrected chi connectivity index (χ4v) is 2.43. The van der Waals surface area contributed by atoms with Crippen LogP contribution in [0.1, 0.15) is 32.1 Å². The summed E-state index contributed by atoms with van der Waals surface area (Å²) in [5.41, 5.74) is 7.26. The summed E-state index contributed by atoms with van der Waals surface area (Å²) >= 11 is 4.85. The van der Waals surface area contributed by atoms with Gasteiger partial charge in [0.25, 0.3) is 5.56 Å². The number of unbranched alkanes of at least 4 members (excludes halogenated alkanes) is 3. The van der Waals surface area contributed by atoms with E-state index in [2.05, 4.69) is 5.10 Å². The van der Waals surface area contributed by atoms with E-state index in [0.717, 1.165) is 43.4 Å². The van der Waals surface area contributed by atoms with Crippen molar-refractivity contribution < 1.29 is 0 Å². The van der Waals surface area contributed by atoms with Gasteiger partial charge in [0.2, 0.25) is 0 Å². The molecular formula is C17H21N3OS. The highest BCUT2D eigenvalue weighted by Gasteiger charge is 2.03. The van der Waals surface area contributed by atoms with Crippen LogP contribution in [0.2, 0.25) is 0 Å². The van der Waals surface area contributed by atoms with Crippen molar-refractivity contribution >= 4 is 17.2 Å². The molecule has 4 nitrogen and oxygen atoms in total. The summed E-state index contributed by atoms with van der Waals surface area (Å²) in [5.74, 6) is 0. The number of benzene rings is 1. The second kappa shape index (κ2) is 8.44. The average molecular weight is 315 g/mol. The molecule has 1 aromatic heterocycles. The van der Waals surface area contributed by atoms with Crippen molar-refractivity contribution in [1.82, 2.24) is 9.78 Å². The lowest BCUT2D eigenvalue weighted by Gasteiger charge is -2.07. The minimum Gasteiger partial charge on any atom is -0.393 e. The second-order valence-corrected chi connectivity index (χ2v) is 5.80. The van der Waals surface area contributed by atoms with Gasteiger partial charge in [-0.25, -0.2) is 4.68 Å². The number of hydrogen-bond acceptors (Lipinski definition) is 3. The molecule has 0 aliphatic carbocycles. The topological polar surface area (TPSA) is 60.9 Å². The minimum absolute atomic E-state index is 0.0529. The van der Waals surface area contributed by atoms with Crippen LogP contribution in [0.15, 0.2) is 47.3 Å². The first-order valence-electron chi connectivity index (χ1n) is 7.59. The van der Waals surface area contributed by atoms with Gasteiger partial charge in [-0.15, -0.1) is 0 Å². The monoisotopic (exact) mass is 315 g/mol. The molecule has 22 heavy (non-hydrogen) atoms. The Hall–Kier alpha value is -2.01. The Labute approximate surface area is 136 Å². The summed E-state index contributed by atoms with van der Waals surface area (Å²) < 4.78 is 1.55. The summed E-state index contributed by atoms with van der Waals surface area (Å²) in [6, 6.07) is 13.2. The molecule has 116 valence electrons. The van der Waals surface area contributed by atoms with Crippen LogP contribution in [0.4, 0.5) is 0 Å². The van der Waals surface area contributed by atoms with Crippen molar-refractivity contribution in [2.45, 2.75) is 38.6 Å². The Bertz CT molecular complexity index is 667. The van der Waals surface area contributed by atoms with Crippen LogP contribution in [0.25, 0.3) is 11.3 Å². The van der Waals surface area contributed by atoms with E-state index in [0.29, 0.717) is 11.5 Å². The maximum Gasteiger partial charge on any atom is 0.266 e. The van der Waals surface area contributed by atoms with E-state index in [-0.39, 0.29) is 5.56 Å². The number of nitrogens with zero attached hydrogens (tertiary/aromatic N) is 2. The van der Waals surface area contributed by atoms with Crippen LogP contribution in [0, 0.1) is 0 Å². The molecular weight excluding hydrogens is 294 g/mol. The fourth-order valence-electron chi connectivity index (χ4n) is 2.29. The lowest BCUT2D eigenvalue weighted by Crippen LogP contribution is -2.22. The number of aromatic nitrogens is 2. The largest absolute Gasteiger partial charge is 0.393 e. The molecule has 0 spiro atoms. The zero-order chi connectivity index (χ0) is 15.8. The number of thiocarbonyl (C=S) groups is 1. The lowest BCUT2D eigenvalue weighted by atomic mass is 10.1. The number of hydrogen-bond donors (Lipinski definition) is 1. The van der Waals surface area contributed by atoms with Crippen LogP contribution < -0.4 is 11.3 Å². The molecule has 1 aromatic carbocycles. The van der Waals surface area contributed by atoms with Crippen LogP contribution in [-0.2, 0) is 6.54 Å². The highest BCUT2D eigenvalue weighted by molar-refractivity contribution is 7.80. The smallest absolute Gasteiger partial charge is 0.266 e. The molecule has 0 saturated heterocycles. The summed E-state index contributed by atoms with van der Waals surface area (Å²) in [4.78, 5) is 12.5. The van der Waals surface area contributed by atoms with Crippen LogP contribution in [0.5, 0.6) is 0 Å². The molecule has 1 heterocycles. The second-order valence-electron chi connectivity index (χ2n) is 5.28. The Kier molecular flexibility index (Phi) is 6.27. The number of nitrogens with two attached hydrogens (primary N) is 1. The van der Waals surface area contributed by atoms with E-state index in [1.165, 1.54) is 0 Å². The van der Waals surface area contributed by atoms with Crippen molar-refractivity contribution in [3.63, 3.8) is 0 Å². The van der Waals surface area contributed by atoms with Gasteiger partial charge in [0.05, 0.1) is 10.7 Å². The standard InChI is InChI=1S/C17H21N3OS/c18-16(22)10-6-1-2-7-13-20-17(21)12-11-15(19-20)14-8-4-3-5-9-14/h3-5,8-9,11-12H,1-2,6-7,10,13H2,(H2,18,22). The predicted octanol–water partition coefficient (Wildman–Crippen LogP) is 3.15. The molecule has 2 N–H and O–H groups in total. The quantitative estimate of drug-likeness (QED) is 0.600. The molecule has 2 aromatic rings. The minimum atomic E-state index is -0.0529. The highest BCUT2D eigenvalue weighted by Crippen LogP contribution is 2.14. The lowest BCUT2D eigenvalue weighted by molar-refractivity contribution is 0.518. The SMILES string of the molecule is NC(=S)CCCCCCn1nc(-c2ccccc2)ccc1=O. The molecule has 0 aliphatic rings. The molecule has 0 atom stereocenters. The van der Waals surface area contributed by atoms with Crippen molar-refractivity contribution in [2.24, 2.45) is 5.73 Å². The van der Waals surface area contributed by atoms with E-state index in [1.54, 1.807) is 16.8 Å². The first kappa shape index (κ1) is 16.4. The molecule has 0 aliphatic heterocycles. The van der Waals surface area contributed by atoms with Crippen LogP contribution >= 0.6 is 12.2 Å². The third-order valence-corrected chi connectivity index (χ3v) is 3.68. The van der Waals surface area contributed by atoms with E-state index >= 15 is 0 Å². The number of aryl methyl sites for hydroxylation is 1. The first-order valence-corrected chi connectivity index (χ1v) is 7.99. The Balaban J connectivity index is 1.91. The van der Waals surface area contributed by atoms with Crippen molar-refractivity contribution in [3.05, 3.63) is 52.8 Å². The molecule has 0 radical (unpaired) electrons. The summed E-state index contributed by atoms with van der Waals surface area (Å²) in [6.45, 7) is 0.645. The summed E-state index contributed by atoms with van der Waals surface area (Å²) in [6.07, 6.45) is 4.87. The maximum atomic E-state index is 11.9. The fraction of sp³-hybridized carbons (Fsp3) is 0.353. The molecule has 0 bridgehead atoms. The molecule has 0 fully saturated rings. The van der Waals surface area contributed by atoms with Gasteiger partial charge in [0.15, 0.2) is 0 Å². The predicted molar refractivity (Wildman–Crippen MR) is 93.8 cm³/mol. The first-order chi connectivity index (χ1) is 10.7. The molecule has 5 heteroatoms. The molecule has 0 amide bonds. The van der Waals surface area contributed by atoms with E-state index < -0.39 is 0 Å². The van der Waals surface area contributed by atoms with Crippen LogP contribution in [-0.4, -0.2) is 14.8 Å². The van der Waals surface area contributed by atoms with Gasteiger partial charge < -0.3 is 5.73 Å². The van der Waals surface area contributed by atoms with Gasteiger partial charge >= 0.3 is 0 Å². The van der Waals surface area contributed by atoms with Gasteiger partial charge in [-0.3, -0.25) is 4.79 Å². The zero-order valence-electron chi connectivity index (χ0n) is 12.6. The summed E-state index contributed by atoms with van der Waals surface area (Å²) in [5, 5.41) is 4.45. The van der Waals surface area contributed by atoms with Gasteiger partial charge in [0, 0.05) is 18.2 Å². The van der Waals surface area contributed by atoms with E-state index in [4.69, 9.17) is 18.0 Å². The molecule has 2 rings (SSSR count). The Morgan fingerprint density at radius 2 is 1.77 bits per heavy atom. The Morgan fingerprint density at radius 1 is 1.05 bits per heavy atom. The van der Waals surface area contributed by atoms with Crippen LogP contribution in [0.3, 0.4) is 0 Å². The van der Waals surface area contributed by atoms with Crippen molar-refractivity contribution in [1.29, 1.82) is 0 Å². The normalized spacial score (nSPS) is 10.5. The zero-order valence-corrected chi connectivity index (χ0v) is 13.4. The van der Waals surface area contributed by atoms with Crippen molar-refractivity contribution in [3.8, 4) is 11.3 Å². The van der Waals surface area contributed by atoms with Crippen molar-refractivity contribution in [2.75, 3.05) is 0 Å². The van der Waals surface area contributed by atoms with Gasteiger partial charge in [-0.2, -0.15) is 5.10 Å². The highest BCUT2D eigenvalue weighted by atomic mass is 32.1. The van der Waals surface area contributed by atoms with E-state index in [9.17, 15) is 4.79 Å². The molecule has 0 saturated carbocycles. The Morgan fingerprint density at radius 3 is 2.50 bits per heavy atom. The third kappa shape index (κ3) is 5.07. The average Bonchev–Trinajstić information content (AvgIpc) is 2.53. The van der Waals surface area contributed by atoms with E-state index in [1.807, 2.05) is 30.3 Å². The van der Waals surface area contributed by atoms with Gasteiger partial charge in [0.1, 0.15) is 0 Å². The third-order valence-electron chi connectivity index (χ3n) is 3.48. The maximum absolute atomic E-state index is 11.9.